The van der Waals surface area contributed by atoms with Gasteiger partial charge in [0, 0.05) is 56.5 Å². The molecule has 4 rings (SSSR count). The highest BCUT2D eigenvalue weighted by atomic mass is 32.2. The maximum atomic E-state index is 12.5. The minimum Gasteiger partial charge on any atom is -0.477 e. The lowest BCUT2D eigenvalue weighted by Gasteiger charge is -2.46. The molecule has 0 bridgehead atoms. The number of rotatable bonds is 10. The Morgan fingerprint density at radius 1 is 1.27 bits per heavy atom. The number of fused-ring (bicyclic) bond motifs is 1. The van der Waals surface area contributed by atoms with Gasteiger partial charge in [-0.05, 0) is 37.6 Å². The minimum atomic E-state index is -1.06. The highest BCUT2D eigenvalue weighted by molar-refractivity contribution is 8.03. The van der Waals surface area contributed by atoms with Crippen molar-refractivity contribution < 1.29 is 19.8 Å². The number of carbonyl (C=O) groups excluding carboxylic acids is 1. The number of benzene rings is 1. The molecule has 2 fully saturated rings. The molecule has 1 amide bonds. The number of carboxylic acid groups (broad SMARTS) is 1. The van der Waals surface area contributed by atoms with Gasteiger partial charge in [-0.3, -0.25) is 4.79 Å². The van der Waals surface area contributed by atoms with Crippen molar-refractivity contribution >= 4 is 47.2 Å². The molecule has 7 nitrogen and oxygen atoms in total. The number of carbonyl (C=O) groups is 2. The molecule has 3 aliphatic heterocycles. The molecule has 6 unspecified atom stereocenters. The van der Waals surface area contributed by atoms with Crippen molar-refractivity contribution in [3.63, 3.8) is 0 Å². The molecule has 0 aromatic heterocycles. The molecule has 10 heteroatoms. The molecule has 0 radical (unpaired) electrons. The van der Waals surface area contributed by atoms with Gasteiger partial charge in [0.2, 0.25) is 5.91 Å². The fourth-order valence-electron chi connectivity index (χ4n) is 4.86. The fourth-order valence-corrected chi connectivity index (χ4v) is 8.04. The first-order chi connectivity index (χ1) is 15.8. The fraction of sp³-hybridized carbons (Fsp3) is 0.565. The van der Waals surface area contributed by atoms with E-state index in [0.717, 1.165) is 29.4 Å². The van der Waals surface area contributed by atoms with Crippen molar-refractivity contribution in [3.05, 3.63) is 34.9 Å². The summed E-state index contributed by atoms with van der Waals surface area (Å²) in [6.07, 6.45) is 0.174. The summed E-state index contributed by atoms with van der Waals surface area (Å²) < 4.78 is 0. The predicted molar refractivity (Wildman–Crippen MR) is 134 cm³/mol. The number of aliphatic carboxylic acids is 1. The Bertz CT molecular complexity index is 924. The molecule has 5 N–H and O–H groups in total. The maximum Gasteiger partial charge on any atom is 0.353 e. The Hall–Kier alpha value is -1.17. The number of amides is 1. The molecule has 180 valence electrons. The highest BCUT2D eigenvalue weighted by Crippen LogP contribution is 2.51. The summed E-state index contributed by atoms with van der Waals surface area (Å²) in [5, 5.41) is 23.7. The van der Waals surface area contributed by atoms with Crippen molar-refractivity contribution in [2.24, 2.45) is 17.6 Å². The third-order valence-corrected chi connectivity index (χ3v) is 10.2. The largest absolute Gasteiger partial charge is 0.477 e. The number of thioether (sulfide) groups is 3. The average molecular weight is 510 g/mol. The van der Waals surface area contributed by atoms with Gasteiger partial charge < -0.3 is 26.2 Å². The van der Waals surface area contributed by atoms with Crippen LogP contribution in [0.5, 0.6) is 0 Å². The number of aliphatic hydroxyl groups excluding tert-OH is 1. The van der Waals surface area contributed by atoms with E-state index in [-0.39, 0.29) is 28.8 Å². The zero-order valence-electron chi connectivity index (χ0n) is 18.8. The number of hydrogen-bond acceptors (Lipinski definition) is 8. The van der Waals surface area contributed by atoms with E-state index in [1.165, 1.54) is 14.7 Å². The maximum absolute atomic E-state index is 12.5. The molecule has 6 atom stereocenters. The Morgan fingerprint density at radius 2 is 1.94 bits per heavy atom. The van der Waals surface area contributed by atoms with E-state index in [1.54, 1.807) is 30.4 Å². The standard InChI is InChI=1S/C23H31N3O4S3/c1-12-19-18(13(2)27)22(28)26(19)20(23(29)30)21(12)33-17-9-14(25-10-17)11-32-16-5-3-15(4-6-16)31-8-7-24/h3-6,12-14,17-19,25,27H,7-11,24H2,1-2H3,(H,29,30). The topological polar surface area (TPSA) is 116 Å². The lowest BCUT2D eigenvalue weighted by Crippen LogP contribution is -2.63. The summed E-state index contributed by atoms with van der Waals surface area (Å²) in [6.45, 7) is 5.07. The molecule has 0 saturated carbocycles. The van der Waals surface area contributed by atoms with Gasteiger partial charge in [0.1, 0.15) is 5.70 Å². The lowest BCUT2D eigenvalue weighted by atomic mass is 9.79. The Labute approximate surface area is 207 Å². The second-order valence-corrected chi connectivity index (χ2v) is 12.4. The smallest absolute Gasteiger partial charge is 0.353 e. The van der Waals surface area contributed by atoms with E-state index < -0.39 is 18.0 Å². The summed E-state index contributed by atoms with van der Waals surface area (Å²) in [6, 6.07) is 8.67. The number of aliphatic hydroxyl groups is 1. The SMILES string of the molecule is CC(O)C1C(=O)N2C(C(=O)O)=C(SC3CNC(CSc4ccc(SCCN)cc4)C3)C(C)C12. The normalized spacial score (nSPS) is 29.9. The molecule has 1 aromatic rings. The van der Waals surface area contributed by atoms with Crippen LogP contribution >= 0.6 is 35.3 Å². The van der Waals surface area contributed by atoms with E-state index >= 15 is 0 Å². The zero-order chi connectivity index (χ0) is 23.7. The molecule has 2 saturated heterocycles. The van der Waals surface area contributed by atoms with E-state index in [2.05, 4.69) is 29.6 Å². The Balaban J connectivity index is 1.33. The summed E-state index contributed by atoms with van der Waals surface area (Å²) in [5.41, 5.74) is 5.68. The van der Waals surface area contributed by atoms with Crippen molar-refractivity contribution in [3.8, 4) is 0 Å². The van der Waals surface area contributed by atoms with Crippen LogP contribution in [0.2, 0.25) is 0 Å². The second kappa shape index (κ2) is 10.6. The third kappa shape index (κ3) is 5.11. The number of hydrogen-bond donors (Lipinski definition) is 4. The van der Waals surface area contributed by atoms with E-state index in [9.17, 15) is 19.8 Å². The van der Waals surface area contributed by atoms with Crippen LogP contribution in [0.25, 0.3) is 0 Å². The van der Waals surface area contributed by atoms with Crippen LogP contribution in [-0.4, -0.2) is 75.0 Å². The van der Waals surface area contributed by atoms with Gasteiger partial charge in [-0.1, -0.05) is 6.92 Å². The number of nitrogens with two attached hydrogens (primary N) is 1. The molecule has 33 heavy (non-hydrogen) atoms. The first kappa shape index (κ1) is 24.9. The van der Waals surface area contributed by atoms with E-state index in [1.807, 2.05) is 18.7 Å². The monoisotopic (exact) mass is 509 g/mol. The van der Waals surface area contributed by atoms with Crippen LogP contribution < -0.4 is 11.1 Å². The summed E-state index contributed by atoms with van der Waals surface area (Å²) in [5.74, 6) is -0.0653. The van der Waals surface area contributed by atoms with Crippen LogP contribution in [0.15, 0.2) is 44.7 Å². The van der Waals surface area contributed by atoms with Crippen molar-refractivity contribution in [2.45, 2.75) is 53.5 Å². The number of nitrogens with zero attached hydrogens (tertiary/aromatic N) is 1. The van der Waals surface area contributed by atoms with Gasteiger partial charge in [0.05, 0.1) is 18.1 Å². The average Bonchev–Trinajstić information content (AvgIpc) is 3.32. The number of carboxylic acids is 1. The van der Waals surface area contributed by atoms with Crippen LogP contribution in [0, 0.1) is 11.8 Å². The van der Waals surface area contributed by atoms with Gasteiger partial charge in [0.25, 0.3) is 0 Å². The van der Waals surface area contributed by atoms with Crippen molar-refractivity contribution in [1.82, 2.24) is 10.2 Å². The molecule has 0 spiro atoms. The minimum absolute atomic E-state index is 0.0810. The van der Waals surface area contributed by atoms with Gasteiger partial charge >= 0.3 is 5.97 Å². The first-order valence-corrected chi connectivity index (χ1v) is 14.1. The van der Waals surface area contributed by atoms with Gasteiger partial charge in [-0.15, -0.1) is 35.3 Å². The van der Waals surface area contributed by atoms with Crippen LogP contribution in [0.1, 0.15) is 20.3 Å². The summed E-state index contributed by atoms with van der Waals surface area (Å²) in [7, 11) is 0. The second-order valence-electron chi connectivity index (χ2n) is 8.77. The third-order valence-electron chi connectivity index (χ3n) is 6.45. The quantitative estimate of drug-likeness (QED) is 0.279. The Morgan fingerprint density at radius 3 is 2.55 bits per heavy atom. The van der Waals surface area contributed by atoms with Gasteiger partial charge in [0.15, 0.2) is 0 Å². The Kier molecular flexibility index (Phi) is 8.02. The van der Waals surface area contributed by atoms with E-state index in [4.69, 9.17) is 5.73 Å². The lowest BCUT2D eigenvalue weighted by molar-refractivity contribution is -0.163. The molecule has 0 aliphatic carbocycles. The molecular formula is C23H31N3O4S3. The molecule has 3 aliphatic rings. The van der Waals surface area contributed by atoms with Gasteiger partial charge in [-0.2, -0.15) is 0 Å². The number of β-lactam (4-membered cyclic amide) rings is 1. The summed E-state index contributed by atoms with van der Waals surface area (Å²) in [4.78, 5) is 29.1. The van der Waals surface area contributed by atoms with Gasteiger partial charge in [-0.25, -0.2) is 4.79 Å². The predicted octanol–water partition coefficient (Wildman–Crippen LogP) is 2.45. The highest BCUT2D eigenvalue weighted by Gasteiger charge is 2.60. The van der Waals surface area contributed by atoms with Crippen molar-refractivity contribution in [1.29, 1.82) is 0 Å². The van der Waals surface area contributed by atoms with Crippen LogP contribution in [0.3, 0.4) is 0 Å². The van der Waals surface area contributed by atoms with E-state index in [0.29, 0.717) is 12.6 Å². The van der Waals surface area contributed by atoms with Crippen LogP contribution in [-0.2, 0) is 9.59 Å². The zero-order valence-corrected chi connectivity index (χ0v) is 21.2. The van der Waals surface area contributed by atoms with Crippen LogP contribution in [0.4, 0.5) is 0 Å². The summed E-state index contributed by atoms with van der Waals surface area (Å²) >= 11 is 5.18. The molecule has 1 aromatic carbocycles. The molecular weight excluding hydrogens is 478 g/mol. The first-order valence-electron chi connectivity index (χ1n) is 11.3. The van der Waals surface area contributed by atoms with Crippen molar-refractivity contribution in [2.75, 3.05) is 24.6 Å². The molecule has 3 heterocycles. The number of nitrogens with one attached hydrogen (secondary N) is 1.